The zero-order valence-corrected chi connectivity index (χ0v) is 11.0. The van der Waals surface area contributed by atoms with Crippen molar-refractivity contribution in [3.63, 3.8) is 0 Å². The van der Waals surface area contributed by atoms with Gasteiger partial charge in [-0.2, -0.15) is 0 Å². The van der Waals surface area contributed by atoms with Crippen LogP contribution in [0, 0.1) is 0 Å². The molecule has 4 heteroatoms. The van der Waals surface area contributed by atoms with Crippen LogP contribution in [0.25, 0.3) is 16.9 Å². The van der Waals surface area contributed by atoms with Gasteiger partial charge in [-0.25, -0.2) is 4.57 Å². The molecular formula is C15H17N4+. The van der Waals surface area contributed by atoms with Gasteiger partial charge in [-0.1, -0.05) is 36.2 Å². The molecule has 0 aliphatic heterocycles. The van der Waals surface area contributed by atoms with E-state index in [2.05, 4.69) is 40.1 Å². The lowest BCUT2D eigenvalue weighted by Gasteiger charge is -2.03. The lowest BCUT2D eigenvalue weighted by Crippen LogP contribution is -2.38. The monoisotopic (exact) mass is 253 g/mol. The van der Waals surface area contributed by atoms with Gasteiger partial charge in [-0.05, 0) is 24.6 Å². The molecule has 0 spiro atoms. The van der Waals surface area contributed by atoms with Crippen LogP contribution in [0.2, 0.25) is 0 Å². The molecule has 3 rings (SSSR count). The highest BCUT2D eigenvalue weighted by atomic mass is 15.5. The average molecular weight is 253 g/mol. The van der Waals surface area contributed by atoms with Crippen molar-refractivity contribution in [2.24, 2.45) is 0 Å². The molecule has 2 aromatic heterocycles. The number of unbranched alkanes of at least 4 members (excludes halogenated alkanes) is 1. The van der Waals surface area contributed by atoms with Crippen molar-refractivity contribution in [1.29, 1.82) is 0 Å². The zero-order valence-electron chi connectivity index (χ0n) is 11.0. The predicted molar refractivity (Wildman–Crippen MR) is 74.0 cm³/mol. The van der Waals surface area contributed by atoms with Crippen LogP contribution in [0.3, 0.4) is 0 Å². The zero-order chi connectivity index (χ0) is 13.1. The molecule has 4 nitrogen and oxygen atoms in total. The largest absolute Gasteiger partial charge is 0.308 e. The van der Waals surface area contributed by atoms with Gasteiger partial charge in [0.1, 0.15) is 5.52 Å². The molecule has 1 aromatic carbocycles. The van der Waals surface area contributed by atoms with E-state index in [0.717, 1.165) is 29.8 Å². The van der Waals surface area contributed by atoms with Crippen LogP contribution in [0.4, 0.5) is 0 Å². The maximum atomic E-state index is 4.28. The molecule has 0 atom stereocenters. The fraction of sp³-hybridized carbons (Fsp3) is 0.267. The van der Waals surface area contributed by atoms with Gasteiger partial charge < -0.3 is 0 Å². The van der Waals surface area contributed by atoms with E-state index < -0.39 is 0 Å². The van der Waals surface area contributed by atoms with Crippen LogP contribution in [-0.2, 0) is 6.54 Å². The van der Waals surface area contributed by atoms with Crippen molar-refractivity contribution >= 4 is 11.0 Å². The Labute approximate surface area is 112 Å². The predicted octanol–water partition coefficient (Wildman–Crippen LogP) is 2.51. The Morgan fingerprint density at radius 2 is 1.95 bits per heavy atom. The number of hydrogen-bond acceptors (Lipinski definition) is 2. The van der Waals surface area contributed by atoms with Gasteiger partial charge in [0.05, 0.1) is 12.7 Å². The minimum absolute atomic E-state index is 0.924. The summed E-state index contributed by atoms with van der Waals surface area (Å²) in [4.78, 5) is 0. The van der Waals surface area contributed by atoms with E-state index in [1.54, 1.807) is 0 Å². The molecule has 0 bridgehead atoms. The molecule has 2 heterocycles. The van der Waals surface area contributed by atoms with Gasteiger partial charge in [0.2, 0.25) is 0 Å². The standard InChI is InChI=1S/C15H17N4/c1-2-3-11-18-12-7-6-10-15(18)19-14-9-5-4-8-13(14)16-17-19/h4-10,12H,2-3,11H2,1H3/q+1. The van der Waals surface area contributed by atoms with Crippen LogP contribution >= 0.6 is 0 Å². The molecule has 0 saturated heterocycles. The summed E-state index contributed by atoms with van der Waals surface area (Å²) in [6.07, 6.45) is 4.44. The Morgan fingerprint density at radius 3 is 2.84 bits per heavy atom. The van der Waals surface area contributed by atoms with E-state index in [4.69, 9.17) is 0 Å². The van der Waals surface area contributed by atoms with Crippen LogP contribution in [-0.4, -0.2) is 15.0 Å². The van der Waals surface area contributed by atoms with Crippen molar-refractivity contribution in [2.45, 2.75) is 26.3 Å². The summed E-state index contributed by atoms with van der Waals surface area (Å²) < 4.78 is 4.13. The number of fused-ring (bicyclic) bond motifs is 1. The number of para-hydroxylation sites is 1. The van der Waals surface area contributed by atoms with Crippen LogP contribution in [0.15, 0.2) is 48.7 Å². The van der Waals surface area contributed by atoms with E-state index in [-0.39, 0.29) is 0 Å². The second-order valence-electron chi connectivity index (χ2n) is 4.60. The third-order valence-electron chi connectivity index (χ3n) is 3.24. The molecule has 0 saturated carbocycles. The summed E-state index contributed by atoms with van der Waals surface area (Å²) in [5.41, 5.74) is 1.97. The van der Waals surface area contributed by atoms with E-state index in [1.165, 1.54) is 6.42 Å². The van der Waals surface area contributed by atoms with Gasteiger partial charge in [-0.15, -0.1) is 5.10 Å². The molecule has 0 unspecified atom stereocenters. The van der Waals surface area contributed by atoms with Crippen LogP contribution in [0.5, 0.6) is 0 Å². The summed E-state index contributed by atoms with van der Waals surface area (Å²) in [5.74, 6) is 1.06. The SMILES string of the molecule is CCCC[n+]1ccccc1-n1nnc2ccccc21. The number of benzene rings is 1. The molecule has 19 heavy (non-hydrogen) atoms. The molecule has 0 N–H and O–H groups in total. The van der Waals surface area contributed by atoms with E-state index in [1.807, 2.05) is 35.0 Å². The number of aromatic nitrogens is 4. The molecule has 3 aromatic rings. The molecule has 0 aliphatic carbocycles. The van der Waals surface area contributed by atoms with Gasteiger partial charge >= 0.3 is 5.82 Å². The smallest absolute Gasteiger partial charge is 0.232 e. The lowest BCUT2D eigenvalue weighted by molar-refractivity contribution is -0.691. The molecule has 0 radical (unpaired) electrons. The third kappa shape index (κ3) is 2.21. The first kappa shape index (κ1) is 11.8. The lowest BCUT2D eigenvalue weighted by atomic mass is 10.3. The van der Waals surface area contributed by atoms with E-state index >= 15 is 0 Å². The van der Waals surface area contributed by atoms with Gasteiger partial charge in [-0.3, -0.25) is 0 Å². The van der Waals surface area contributed by atoms with Crippen LogP contribution in [0.1, 0.15) is 19.8 Å². The average Bonchev–Trinajstić information content (AvgIpc) is 2.89. The maximum absolute atomic E-state index is 4.28. The van der Waals surface area contributed by atoms with Gasteiger partial charge in [0, 0.05) is 11.3 Å². The highest BCUT2D eigenvalue weighted by Crippen LogP contribution is 2.13. The Bertz CT molecular complexity index is 687. The van der Waals surface area contributed by atoms with Crippen molar-refractivity contribution in [1.82, 2.24) is 15.0 Å². The first-order valence-corrected chi connectivity index (χ1v) is 6.69. The summed E-state index contributed by atoms with van der Waals surface area (Å²) in [7, 11) is 0. The third-order valence-corrected chi connectivity index (χ3v) is 3.24. The second kappa shape index (κ2) is 5.18. The van der Waals surface area contributed by atoms with E-state index in [9.17, 15) is 0 Å². The fourth-order valence-corrected chi connectivity index (χ4v) is 2.22. The Hall–Kier alpha value is -2.23. The summed E-state index contributed by atoms with van der Waals surface area (Å²) in [6.45, 7) is 3.20. The minimum Gasteiger partial charge on any atom is -0.232 e. The highest BCUT2D eigenvalue weighted by molar-refractivity contribution is 5.75. The first-order chi connectivity index (χ1) is 9.40. The number of rotatable bonds is 4. The van der Waals surface area contributed by atoms with Crippen molar-refractivity contribution in [2.75, 3.05) is 0 Å². The molecule has 96 valence electrons. The number of hydrogen-bond donors (Lipinski definition) is 0. The number of pyridine rings is 1. The summed E-state index contributed by atoms with van der Waals surface area (Å²) >= 11 is 0. The Kier molecular flexibility index (Phi) is 3.23. The topological polar surface area (TPSA) is 34.6 Å². The van der Waals surface area contributed by atoms with Crippen molar-refractivity contribution in [3.05, 3.63) is 48.7 Å². The second-order valence-corrected chi connectivity index (χ2v) is 4.60. The summed E-state index contributed by atoms with van der Waals surface area (Å²) in [6, 6.07) is 14.2. The van der Waals surface area contributed by atoms with Crippen molar-refractivity contribution < 1.29 is 4.57 Å². The highest BCUT2D eigenvalue weighted by Gasteiger charge is 2.17. The fourth-order valence-electron chi connectivity index (χ4n) is 2.22. The molecule has 0 aliphatic rings. The number of nitrogens with zero attached hydrogens (tertiary/aromatic N) is 4. The van der Waals surface area contributed by atoms with Gasteiger partial charge in [0.15, 0.2) is 5.52 Å². The Balaban J connectivity index is 2.11. The quantitative estimate of drug-likeness (QED) is 0.670. The molecule has 0 amide bonds. The van der Waals surface area contributed by atoms with Gasteiger partial charge in [0.25, 0.3) is 0 Å². The normalized spacial score (nSPS) is 11.0. The van der Waals surface area contributed by atoms with E-state index in [0.29, 0.717) is 0 Å². The minimum atomic E-state index is 0.924. The van der Waals surface area contributed by atoms with Crippen LogP contribution < -0.4 is 4.57 Å². The van der Waals surface area contributed by atoms with Crippen molar-refractivity contribution in [3.8, 4) is 5.82 Å². The Morgan fingerprint density at radius 1 is 1.11 bits per heavy atom. The maximum Gasteiger partial charge on any atom is 0.308 e. The number of aryl methyl sites for hydroxylation is 1. The first-order valence-electron chi connectivity index (χ1n) is 6.69. The molecule has 0 fully saturated rings. The summed E-state index contributed by atoms with van der Waals surface area (Å²) in [5, 5.41) is 8.50. The molecular weight excluding hydrogens is 236 g/mol.